The van der Waals surface area contributed by atoms with Crippen LogP contribution in [-0.4, -0.2) is 32.9 Å². The summed E-state index contributed by atoms with van der Waals surface area (Å²) >= 11 is 3.47. The molecule has 0 aliphatic carbocycles. The summed E-state index contributed by atoms with van der Waals surface area (Å²) in [6, 6.07) is 6.88. The van der Waals surface area contributed by atoms with Crippen molar-refractivity contribution in [3.05, 3.63) is 28.2 Å². The summed E-state index contributed by atoms with van der Waals surface area (Å²) < 4.78 is 11.8. The molecule has 1 saturated heterocycles. The molecular formula is C15H22BrNO2. The van der Waals surface area contributed by atoms with Gasteiger partial charge in [0.1, 0.15) is 5.75 Å². The lowest BCUT2D eigenvalue weighted by Crippen LogP contribution is -2.35. The van der Waals surface area contributed by atoms with Crippen molar-refractivity contribution in [2.24, 2.45) is 0 Å². The summed E-state index contributed by atoms with van der Waals surface area (Å²) in [5.41, 5.74) is 1.28. The standard InChI is InChI=1S/C15H22BrNO2/c1-18-15-11-13(16)5-4-12(15)3-2-8-17-14-6-9-19-10-7-14/h4-5,11,14,17H,2-3,6-10H2,1H3. The molecule has 1 aliphatic heterocycles. The molecule has 1 aliphatic rings. The molecule has 1 fully saturated rings. The summed E-state index contributed by atoms with van der Waals surface area (Å²) in [6.07, 6.45) is 4.46. The lowest BCUT2D eigenvalue weighted by atomic mass is 10.1. The van der Waals surface area contributed by atoms with Gasteiger partial charge in [0.2, 0.25) is 0 Å². The van der Waals surface area contributed by atoms with Crippen LogP contribution in [0.4, 0.5) is 0 Å². The number of rotatable bonds is 6. The number of hydrogen-bond acceptors (Lipinski definition) is 3. The van der Waals surface area contributed by atoms with Crippen molar-refractivity contribution in [3.63, 3.8) is 0 Å². The fourth-order valence-corrected chi connectivity index (χ4v) is 2.75. The molecule has 3 nitrogen and oxygen atoms in total. The van der Waals surface area contributed by atoms with Gasteiger partial charge in [0.25, 0.3) is 0 Å². The number of hydrogen-bond donors (Lipinski definition) is 1. The predicted octanol–water partition coefficient (Wildman–Crippen LogP) is 3.16. The topological polar surface area (TPSA) is 30.5 Å². The van der Waals surface area contributed by atoms with Gasteiger partial charge in [0.05, 0.1) is 7.11 Å². The highest BCUT2D eigenvalue weighted by Crippen LogP contribution is 2.24. The Hall–Kier alpha value is -0.580. The quantitative estimate of drug-likeness (QED) is 0.814. The van der Waals surface area contributed by atoms with Gasteiger partial charge < -0.3 is 14.8 Å². The van der Waals surface area contributed by atoms with Gasteiger partial charge in [-0.05, 0) is 49.9 Å². The van der Waals surface area contributed by atoms with Crippen molar-refractivity contribution in [1.82, 2.24) is 5.32 Å². The maximum Gasteiger partial charge on any atom is 0.123 e. The zero-order valence-corrected chi connectivity index (χ0v) is 13.0. The predicted molar refractivity (Wildman–Crippen MR) is 80.9 cm³/mol. The smallest absolute Gasteiger partial charge is 0.123 e. The number of ether oxygens (including phenoxy) is 2. The number of benzene rings is 1. The largest absolute Gasteiger partial charge is 0.496 e. The van der Waals surface area contributed by atoms with Gasteiger partial charge in [-0.1, -0.05) is 22.0 Å². The third-order valence-corrected chi connectivity index (χ3v) is 4.02. The molecule has 0 aromatic heterocycles. The van der Waals surface area contributed by atoms with Crippen molar-refractivity contribution in [2.75, 3.05) is 26.9 Å². The molecule has 1 aromatic carbocycles. The molecule has 19 heavy (non-hydrogen) atoms. The van der Waals surface area contributed by atoms with Crippen LogP contribution in [0, 0.1) is 0 Å². The summed E-state index contributed by atoms with van der Waals surface area (Å²) in [6.45, 7) is 2.86. The van der Waals surface area contributed by atoms with Crippen LogP contribution >= 0.6 is 15.9 Å². The van der Waals surface area contributed by atoms with Crippen LogP contribution in [-0.2, 0) is 11.2 Å². The van der Waals surface area contributed by atoms with Crippen molar-refractivity contribution in [2.45, 2.75) is 31.7 Å². The average molecular weight is 328 g/mol. The highest BCUT2D eigenvalue weighted by Gasteiger charge is 2.12. The number of nitrogens with one attached hydrogen (secondary N) is 1. The Balaban J connectivity index is 1.73. The van der Waals surface area contributed by atoms with Crippen molar-refractivity contribution in [1.29, 1.82) is 0 Å². The molecule has 4 heteroatoms. The Morgan fingerprint density at radius 3 is 2.89 bits per heavy atom. The highest BCUT2D eigenvalue weighted by molar-refractivity contribution is 9.10. The molecule has 1 heterocycles. The van der Waals surface area contributed by atoms with Gasteiger partial charge in [0, 0.05) is 23.7 Å². The zero-order valence-electron chi connectivity index (χ0n) is 11.5. The third-order valence-electron chi connectivity index (χ3n) is 3.53. The van der Waals surface area contributed by atoms with Gasteiger partial charge >= 0.3 is 0 Å². The molecule has 0 radical (unpaired) electrons. The molecule has 2 rings (SSSR count). The van der Waals surface area contributed by atoms with E-state index in [-0.39, 0.29) is 0 Å². The van der Waals surface area contributed by atoms with E-state index in [9.17, 15) is 0 Å². The molecule has 0 bridgehead atoms. The molecular weight excluding hydrogens is 306 g/mol. The van der Waals surface area contributed by atoms with E-state index in [0.29, 0.717) is 6.04 Å². The van der Waals surface area contributed by atoms with Gasteiger partial charge in [-0.2, -0.15) is 0 Å². The third kappa shape index (κ3) is 4.79. The summed E-state index contributed by atoms with van der Waals surface area (Å²) in [7, 11) is 1.73. The maximum absolute atomic E-state index is 5.41. The van der Waals surface area contributed by atoms with E-state index in [0.717, 1.165) is 55.7 Å². The Morgan fingerprint density at radius 1 is 1.37 bits per heavy atom. The Morgan fingerprint density at radius 2 is 2.16 bits per heavy atom. The number of methoxy groups -OCH3 is 1. The molecule has 106 valence electrons. The molecule has 0 saturated carbocycles. The van der Waals surface area contributed by atoms with Gasteiger partial charge in [0.15, 0.2) is 0 Å². The Labute approximate surface area is 123 Å². The van der Waals surface area contributed by atoms with Crippen LogP contribution in [0.25, 0.3) is 0 Å². The monoisotopic (exact) mass is 327 g/mol. The van der Waals surface area contributed by atoms with Crippen molar-refractivity contribution >= 4 is 15.9 Å². The first kappa shape index (κ1) is 14.8. The van der Waals surface area contributed by atoms with Crippen LogP contribution in [0.15, 0.2) is 22.7 Å². The van der Waals surface area contributed by atoms with E-state index in [1.165, 1.54) is 5.56 Å². The van der Waals surface area contributed by atoms with Crippen LogP contribution in [0.1, 0.15) is 24.8 Å². The highest BCUT2D eigenvalue weighted by atomic mass is 79.9. The van der Waals surface area contributed by atoms with Crippen molar-refractivity contribution < 1.29 is 9.47 Å². The van der Waals surface area contributed by atoms with Crippen LogP contribution in [0.3, 0.4) is 0 Å². The SMILES string of the molecule is COc1cc(Br)ccc1CCCNC1CCOCC1. The second kappa shape index (κ2) is 7.88. The molecule has 0 unspecified atom stereocenters. The fourth-order valence-electron chi connectivity index (χ4n) is 2.41. The first-order valence-electron chi connectivity index (χ1n) is 6.93. The van der Waals surface area contributed by atoms with Gasteiger partial charge in [-0.15, -0.1) is 0 Å². The summed E-state index contributed by atoms with van der Waals surface area (Å²) in [4.78, 5) is 0. The first-order valence-corrected chi connectivity index (χ1v) is 7.72. The minimum atomic E-state index is 0.639. The molecule has 0 atom stereocenters. The summed E-state index contributed by atoms with van der Waals surface area (Å²) in [5.74, 6) is 0.973. The van der Waals surface area contributed by atoms with Crippen molar-refractivity contribution in [3.8, 4) is 5.75 Å². The van der Waals surface area contributed by atoms with E-state index in [2.05, 4.69) is 33.4 Å². The molecule has 0 spiro atoms. The second-order valence-electron chi connectivity index (χ2n) is 4.90. The second-order valence-corrected chi connectivity index (χ2v) is 5.82. The van der Waals surface area contributed by atoms with E-state index in [4.69, 9.17) is 9.47 Å². The fraction of sp³-hybridized carbons (Fsp3) is 0.600. The molecule has 1 aromatic rings. The van der Waals surface area contributed by atoms with E-state index in [1.807, 2.05) is 6.07 Å². The normalized spacial score (nSPS) is 16.5. The maximum atomic E-state index is 5.41. The van der Waals surface area contributed by atoms with E-state index < -0.39 is 0 Å². The van der Waals surface area contributed by atoms with Gasteiger partial charge in [-0.3, -0.25) is 0 Å². The Kier molecular flexibility index (Phi) is 6.14. The Bertz CT molecular complexity index is 392. The number of halogens is 1. The first-order chi connectivity index (χ1) is 9.29. The minimum Gasteiger partial charge on any atom is -0.496 e. The lowest BCUT2D eigenvalue weighted by Gasteiger charge is -2.23. The summed E-state index contributed by atoms with van der Waals surface area (Å²) in [5, 5.41) is 3.61. The van der Waals surface area contributed by atoms with Crippen LogP contribution in [0.2, 0.25) is 0 Å². The number of aryl methyl sites for hydroxylation is 1. The van der Waals surface area contributed by atoms with E-state index >= 15 is 0 Å². The molecule has 0 amide bonds. The molecule has 1 N–H and O–H groups in total. The average Bonchev–Trinajstić information content (AvgIpc) is 2.46. The van der Waals surface area contributed by atoms with E-state index in [1.54, 1.807) is 7.11 Å². The minimum absolute atomic E-state index is 0.639. The van der Waals surface area contributed by atoms with Gasteiger partial charge in [-0.25, -0.2) is 0 Å². The van der Waals surface area contributed by atoms with Crippen LogP contribution < -0.4 is 10.1 Å². The van der Waals surface area contributed by atoms with Crippen LogP contribution in [0.5, 0.6) is 5.75 Å². The zero-order chi connectivity index (χ0) is 13.5. The lowest BCUT2D eigenvalue weighted by molar-refractivity contribution is 0.0780.